The molecule has 2 aromatic rings. The van der Waals surface area contributed by atoms with Gasteiger partial charge in [0.15, 0.2) is 5.69 Å². The van der Waals surface area contributed by atoms with Crippen molar-refractivity contribution in [2.45, 2.75) is 37.8 Å². The molecule has 1 saturated carbocycles. The van der Waals surface area contributed by atoms with Gasteiger partial charge in [-0.15, -0.1) is 11.7 Å². The second-order valence-electron chi connectivity index (χ2n) is 6.45. The van der Waals surface area contributed by atoms with E-state index >= 15 is 0 Å². The van der Waals surface area contributed by atoms with E-state index < -0.39 is 23.7 Å². The maximum absolute atomic E-state index is 14.6. The Morgan fingerprint density at radius 1 is 1.37 bits per heavy atom. The van der Waals surface area contributed by atoms with Crippen LogP contribution in [-0.2, 0) is 4.79 Å². The summed E-state index contributed by atoms with van der Waals surface area (Å²) >= 11 is 1.04. The monoisotopic (exact) mass is 388 g/mol. The van der Waals surface area contributed by atoms with Crippen LogP contribution in [0.15, 0.2) is 42.3 Å². The van der Waals surface area contributed by atoms with Gasteiger partial charge in [0, 0.05) is 23.5 Å². The highest BCUT2D eigenvalue weighted by Gasteiger charge is 2.35. The Morgan fingerprint density at radius 2 is 2.11 bits per heavy atom. The molecular weight excluding hydrogens is 367 g/mol. The first-order valence-electron chi connectivity index (χ1n) is 8.85. The van der Waals surface area contributed by atoms with Gasteiger partial charge in [0.25, 0.3) is 5.91 Å². The van der Waals surface area contributed by atoms with Gasteiger partial charge in [-0.2, -0.15) is 0 Å². The number of hydrogen-bond donors (Lipinski definition) is 1. The zero-order valence-electron chi connectivity index (χ0n) is 14.8. The molecule has 3 rings (SSSR count). The van der Waals surface area contributed by atoms with E-state index in [1.54, 1.807) is 12.1 Å². The van der Waals surface area contributed by atoms with Crippen LogP contribution in [0.2, 0.25) is 0 Å². The van der Waals surface area contributed by atoms with Crippen molar-refractivity contribution in [3.8, 4) is 0 Å². The second kappa shape index (κ2) is 8.85. The van der Waals surface area contributed by atoms with Crippen molar-refractivity contribution in [1.29, 1.82) is 0 Å². The van der Waals surface area contributed by atoms with E-state index in [2.05, 4.69) is 21.5 Å². The molecule has 142 valence electrons. The predicted octanol–water partition coefficient (Wildman–Crippen LogP) is 3.11. The van der Waals surface area contributed by atoms with Crippen LogP contribution in [0.1, 0.15) is 47.8 Å². The lowest BCUT2D eigenvalue weighted by atomic mass is 10.0. The number of hydrogen-bond acceptors (Lipinski definition) is 5. The quantitative estimate of drug-likeness (QED) is 0.740. The highest BCUT2D eigenvalue weighted by Crippen LogP contribution is 2.27. The molecule has 0 aliphatic heterocycles. The number of benzene rings is 1. The minimum atomic E-state index is -1.11. The summed E-state index contributed by atoms with van der Waals surface area (Å²) in [5, 5.41) is 8.28. The fraction of sp³-hybridized carbons (Fsp3) is 0.368. The number of carbonyl (C=O) groups is 2. The van der Waals surface area contributed by atoms with Crippen LogP contribution in [0.4, 0.5) is 4.39 Å². The summed E-state index contributed by atoms with van der Waals surface area (Å²) in [5.41, 5.74) is 0.267. The van der Waals surface area contributed by atoms with Gasteiger partial charge in [-0.05, 0) is 30.4 Å². The average molecular weight is 388 g/mol. The van der Waals surface area contributed by atoms with E-state index in [-0.39, 0.29) is 23.8 Å². The molecule has 1 fully saturated rings. The number of carbonyl (C=O) groups excluding carboxylic acids is 2. The molecule has 1 aliphatic carbocycles. The average Bonchev–Trinajstić information content (AvgIpc) is 3.36. The van der Waals surface area contributed by atoms with Gasteiger partial charge >= 0.3 is 0 Å². The Hall–Kier alpha value is -2.61. The minimum absolute atomic E-state index is 0.0494. The van der Waals surface area contributed by atoms with Crippen molar-refractivity contribution in [3.05, 3.63) is 59.4 Å². The van der Waals surface area contributed by atoms with Gasteiger partial charge in [-0.3, -0.25) is 9.59 Å². The first kappa shape index (κ1) is 19.2. The van der Waals surface area contributed by atoms with Crippen molar-refractivity contribution < 1.29 is 14.0 Å². The van der Waals surface area contributed by atoms with E-state index in [9.17, 15) is 14.0 Å². The van der Waals surface area contributed by atoms with Gasteiger partial charge in [0.05, 0.1) is 0 Å². The molecule has 2 amide bonds. The van der Waals surface area contributed by atoms with Crippen LogP contribution in [0, 0.1) is 5.82 Å². The second-order valence-corrected chi connectivity index (χ2v) is 7.06. The number of rotatable bonds is 7. The normalized spacial score (nSPS) is 15.3. The van der Waals surface area contributed by atoms with Gasteiger partial charge < -0.3 is 10.2 Å². The van der Waals surface area contributed by atoms with Gasteiger partial charge in [-0.1, -0.05) is 41.6 Å². The zero-order chi connectivity index (χ0) is 19.2. The summed E-state index contributed by atoms with van der Waals surface area (Å²) < 4.78 is 18.3. The molecule has 1 aromatic heterocycles. The zero-order valence-corrected chi connectivity index (χ0v) is 15.6. The molecule has 1 N–H and O–H groups in total. The third-order valence-corrected chi connectivity index (χ3v) is 5.13. The first-order valence-corrected chi connectivity index (χ1v) is 9.69. The van der Waals surface area contributed by atoms with Crippen LogP contribution >= 0.6 is 11.5 Å². The highest BCUT2D eigenvalue weighted by molar-refractivity contribution is 7.03. The minimum Gasteiger partial charge on any atom is -0.351 e. The lowest BCUT2D eigenvalue weighted by Gasteiger charge is -2.31. The third-order valence-electron chi connectivity index (χ3n) is 4.63. The molecule has 6 nitrogen and oxygen atoms in total. The van der Waals surface area contributed by atoms with Crippen LogP contribution in [0.3, 0.4) is 0 Å². The molecular formula is C19H21FN4O2S. The third kappa shape index (κ3) is 4.39. The van der Waals surface area contributed by atoms with Gasteiger partial charge in [-0.25, -0.2) is 4.39 Å². The maximum Gasteiger partial charge on any atom is 0.276 e. The molecule has 1 aromatic carbocycles. The smallest absolute Gasteiger partial charge is 0.276 e. The SMILES string of the molecule is C=CCN(C(=O)c1csnn1)[C@@H](C(=O)NC1CCCC1)c1ccccc1F. The Balaban J connectivity index is 1.97. The number of aromatic nitrogens is 2. The fourth-order valence-corrected chi connectivity index (χ4v) is 3.78. The molecule has 0 radical (unpaired) electrons. The lowest BCUT2D eigenvalue weighted by molar-refractivity contribution is -0.126. The summed E-state index contributed by atoms with van der Waals surface area (Å²) in [6.45, 7) is 3.75. The Labute approximate surface area is 161 Å². The van der Waals surface area contributed by atoms with Crippen LogP contribution in [0.25, 0.3) is 0 Å². The Morgan fingerprint density at radius 3 is 2.74 bits per heavy atom. The molecule has 0 spiro atoms. The Bertz CT molecular complexity index is 806. The topological polar surface area (TPSA) is 75.2 Å². The highest BCUT2D eigenvalue weighted by atomic mass is 32.1. The van der Waals surface area contributed by atoms with Crippen molar-refractivity contribution in [3.63, 3.8) is 0 Å². The molecule has 8 heteroatoms. The van der Waals surface area contributed by atoms with Crippen molar-refractivity contribution in [2.75, 3.05) is 6.54 Å². The molecule has 1 atom stereocenters. The standard InChI is InChI=1S/C19H21FN4O2S/c1-2-11-24(19(26)16-12-27-23-22-16)17(14-9-5-6-10-15(14)20)18(25)21-13-7-3-4-8-13/h2,5-6,9-10,12-13,17H,1,3-4,7-8,11H2,(H,21,25)/t17-/m1/s1. The van der Waals surface area contributed by atoms with Gasteiger partial charge in [0.1, 0.15) is 11.9 Å². The van der Waals surface area contributed by atoms with E-state index in [4.69, 9.17) is 0 Å². The van der Waals surface area contributed by atoms with Crippen LogP contribution in [0.5, 0.6) is 0 Å². The molecule has 1 aliphatic rings. The summed E-state index contributed by atoms with van der Waals surface area (Å²) in [6.07, 6.45) is 5.39. The summed E-state index contributed by atoms with van der Waals surface area (Å²) in [4.78, 5) is 27.3. The van der Waals surface area contributed by atoms with Crippen LogP contribution < -0.4 is 5.32 Å². The number of nitrogens with zero attached hydrogens (tertiary/aromatic N) is 3. The van der Waals surface area contributed by atoms with Crippen molar-refractivity contribution >= 4 is 23.3 Å². The Kier molecular flexibility index (Phi) is 6.28. The number of nitrogens with one attached hydrogen (secondary N) is 1. The predicted molar refractivity (Wildman–Crippen MR) is 101 cm³/mol. The van der Waals surface area contributed by atoms with E-state index in [0.29, 0.717) is 0 Å². The molecule has 0 unspecified atom stereocenters. The van der Waals surface area contributed by atoms with Gasteiger partial charge in [0.2, 0.25) is 5.91 Å². The number of amides is 2. The fourth-order valence-electron chi connectivity index (χ4n) is 3.35. The number of halogens is 1. The maximum atomic E-state index is 14.6. The molecule has 0 bridgehead atoms. The summed E-state index contributed by atoms with van der Waals surface area (Å²) in [6, 6.07) is 4.94. The van der Waals surface area contributed by atoms with Crippen molar-refractivity contribution in [2.24, 2.45) is 0 Å². The van der Waals surface area contributed by atoms with Crippen molar-refractivity contribution in [1.82, 2.24) is 19.8 Å². The van der Waals surface area contributed by atoms with E-state index in [1.165, 1.54) is 28.5 Å². The molecule has 1 heterocycles. The lowest BCUT2D eigenvalue weighted by Crippen LogP contribution is -2.46. The van der Waals surface area contributed by atoms with E-state index in [0.717, 1.165) is 37.2 Å². The molecule has 0 saturated heterocycles. The molecule has 27 heavy (non-hydrogen) atoms. The van der Waals surface area contributed by atoms with Crippen LogP contribution in [-0.4, -0.2) is 38.9 Å². The first-order chi connectivity index (χ1) is 13.1. The van der Waals surface area contributed by atoms with E-state index in [1.807, 2.05) is 0 Å². The largest absolute Gasteiger partial charge is 0.351 e. The summed E-state index contributed by atoms with van der Waals surface area (Å²) in [5.74, 6) is -1.42. The summed E-state index contributed by atoms with van der Waals surface area (Å²) in [7, 11) is 0.